The van der Waals surface area contributed by atoms with Crippen molar-refractivity contribution in [3.63, 3.8) is 0 Å². The second-order valence-corrected chi connectivity index (χ2v) is 18.7. The third-order valence-corrected chi connectivity index (χ3v) is 16.8. The van der Waals surface area contributed by atoms with Crippen LogP contribution in [0.1, 0.15) is 167 Å². The van der Waals surface area contributed by atoms with Crippen LogP contribution in [-0.4, -0.2) is 37.0 Å². The van der Waals surface area contributed by atoms with E-state index in [0.29, 0.717) is 40.9 Å². The Balaban J connectivity index is 0.00000116. The molecule has 0 bridgehead atoms. The standard InChI is InChI=1S/C40H66N2O4.2C2H6.C2H4/c1-23(2)21-32(35(44)46-9)41-34(43)27-22-31(26(27)5)42-36(45)40-16-10-11-30(40)29-12-13-33-37(6)17-14-24(3)25(4)28(37)15-18-39(33,8)38(29,7)19-20-40;3*1-2/h23-33H,10-22H2,1-9H3,(H,41,43)(H,42,45);2*1-2H3;1-2H2/t24?,25?,26?,27?,28?,29?,30?,31?,32?,33?,37?,38-,39?,40?;;;/m1.../s1. The minimum Gasteiger partial charge on any atom is -0.467 e. The average Bonchev–Trinajstić information content (AvgIpc) is 3.59. The lowest BCUT2D eigenvalue weighted by Gasteiger charge is -2.71. The molecule has 6 rings (SSSR count). The Hall–Kier alpha value is -1.85. The number of carbonyl (C=O) groups is 3. The third-order valence-electron chi connectivity index (χ3n) is 16.8. The molecule has 0 aromatic carbocycles. The normalized spacial score (nSPS) is 43.2. The molecule has 0 aliphatic heterocycles. The van der Waals surface area contributed by atoms with Gasteiger partial charge in [0.05, 0.1) is 12.5 Å². The molecule has 13 unspecified atom stereocenters. The first-order valence-electron chi connectivity index (χ1n) is 21.8. The molecular weight excluding hydrogens is 645 g/mol. The minimum atomic E-state index is -0.618. The lowest BCUT2D eigenvalue weighted by atomic mass is 9.33. The molecule has 2 N–H and O–H groups in total. The van der Waals surface area contributed by atoms with Crippen LogP contribution in [0.4, 0.5) is 0 Å². The van der Waals surface area contributed by atoms with Crippen molar-refractivity contribution < 1.29 is 19.1 Å². The molecule has 6 heteroatoms. The second-order valence-electron chi connectivity index (χ2n) is 18.7. The lowest BCUT2D eigenvalue weighted by Crippen LogP contribution is -2.66. The first-order chi connectivity index (χ1) is 24.6. The molecule has 0 saturated heterocycles. The van der Waals surface area contributed by atoms with Gasteiger partial charge >= 0.3 is 5.97 Å². The van der Waals surface area contributed by atoms with Crippen LogP contribution < -0.4 is 10.6 Å². The monoisotopic (exact) mass is 727 g/mol. The lowest BCUT2D eigenvalue weighted by molar-refractivity contribution is -0.228. The number of esters is 1. The third kappa shape index (κ3) is 7.42. The van der Waals surface area contributed by atoms with E-state index in [4.69, 9.17) is 4.74 Å². The molecule has 6 fully saturated rings. The summed E-state index contributed by atoms with van der Waals surface area (Å²) < 4.78 is 4.96. The first kappa shape index (κ1) is 44.5. The van der Waals surface area contributed by atoms with Gasteiger partial charge in [-0.25, -0.2) is 4.79 Å². The fraction of sp³-hybridized carbons (Fsp3) is 0.891. The number of fused-ring (bicyclic) bond motifs is 7. The molecule has 0 radical (unpaired) electrons. The van der Waals surface area contributed by atoms with Crippen LogP contribution in [0.5, 0.6) is 0 Å². The van der Waals surface area contributed by atoms with E-state index >= 15 is 0 Å². The van der Waals surface area contributed by atoms with Gasteiger partial charge in [0.15, 0.2) is 0 Å². The van der Waals surface area contributed by atoms with Crippen molar-refractivity contribution in [2.75, 3.05) is 7.11 Å². The average molecular weight is 727 g/mol. The Morgan fingerprint density at radius 2 is 1.42 bits per heavy atom. The molecule has 52 heavy (non-hydrogen) atoms. The molecule has 0 spiro atoms. The van der Waals surface area contributed by atoms with Crippen molar-refractivity contribution >= 4 is 17.8 Å². The van der Waals surface area contributed by atoms with Gasteiger partial charge in [-0.2, -0.15) is 0 Å². The van der Waals surface area contributed by atoms with Gasteiger partial charge in [-0.05, 0) is 141 Å². The van der Waals surface area contributed by atoms with Crippen LogP contribution in [0.15, 0.2) is 13.2 Å². The van der Waals surface area contributed by atoms with E-state index in [1.807, 2.05) is 41.5 Å². The highest BCUT2D eigenvalue weighted by atomic mass is 16.5. The van der Waals surface area contributed by atoms with Crippen molar-refractivity contribution in [2.24, 2.45) is 74.9 Å². The number of carbonyl (C=O) groups excluding carboxylic acids is 3. The number of ether oxygens (including phenoxy) is 1. The van der Waals surface area contributed by atoms with E-state index in [1.54, 1.807) is 0 Å². The molecule has 6 aliphatic carbocycles. The van der Waals surface area contributed by atoms with Crippen molar-refractivity contribution in [3.05, 3.63) is 13.2 Å². The van der Waals surface area contributed by atoms with E-state index in [9.17, 15) is 14.4 Å². The second kappa shape index (κ2) is 17.7. The Labute approximate surface area is 320 Å². The van der Waals surface area contributed by atoms with E-state index < -0.39 is 6.04 Å². The van der Waals surface area contributed by atoms with Crippen LogP contribution in [0.2, 0.25) is 0 Å². The number of hydrogen-bond donors (Lipinski definition) is 2. The van der Waals surface area contributed by atoms with Gasteiger partial charge < -0.3 is 15.4 Å². The predicted octanol–water partition coefficient (Wildman–Crippen LogP) is 10.8. The molecule has 0 aromatic heterocycles. The maximum Gasteiger partial charge on any atom is 0.328 e. The quantitative estimate of drug-likeness (QED) is 0.202. The molecule has 14 atom stereocenters. The largest absolute Gasteiger partial charge is 0.467 e. The van der Waals surface area contributed by atoms with Crippen molar-refractivity contribution in [3.8, 4) is 0 Å². The number of rotatable bonds is 7. The predicted molar refractivity (Wildman–Crippen MR) is 216 cm³/mol. The summed E-state index contributed by atoms with van der Waals surface area (Å²) in [6.45, 7) is 33.3. The van der Waals surface area contributed by atoms with E-state index in [1.165, 1.54) is 58.5 Å². The highest BCUT2D eigenvalue weighted by Gasteiger charge is 2.70. The van der Waals surface area contributed by atoms with Crippen LogP contribution in [-0.2, 0) is 19.1 Å². The molecular formula is C46H82N2O4. The smallest absolute Gasteiger partial charge is 0.328 e. The van der Waals surface area contributed by atoms with E-state index in [0.717, 1.165) is 42.9 Å². The summed E-state index contributed by atoms with van der Waals surface area (Å²) in [6, 6.07) is -0.597. The molecule has 0 aromatic rings. The Bertz CT molecular complexity index is 1220. The highest BCUT2D eigenvalue weighted by molar-refractivity contribution is 5.87. The zero-order chi connectivity index (χ0) is 39.4. The molecule has 6 aliphatic rings. The Kier molecular flexibility index (Phi) is 15.2. The summed E-state index contributed by atoms with van der Waals surface area (Å²) in [5, 5.41) is 6.48. The topological polar surface area (TPSA) is 84.5 Å². The fourth-order valence-electron chi connectivity index (χ4n) is 13.5. The number of methoxy groups -OCH3 is 1. The zero-order valence-corrected chi connectivity index (χ0v) is 36.1. The Morgan fingerprint density at radius 3 is 2.02 bits per heavy atom. The van der Waals surface area contributed by atoms with Gasteiger partial charge in [-0.3, -0.25) is 9.59 Å². The van der Waals surface area contributed by atoms with E-state index in [-0.39, 0.29) is 47.0 Å². The van der Waals surface area contributed by atoms with E-state index in [2.05, 4.69) is 65.3 Å². The van der Waals surface area contributed by atoms with Crippen molar-refractivity contribution in [1.82, 2.24) is 10.6 Å². The van der Waals surface area contributed by atoms with Crippen LogP contribution >= 0.6 is 0 Å². The summed E-state index contributed by atoms with van der Waals surface area (Å²) in [4.78, 5) is 40.0. The van der Waals surface area contributed by atoms with Gasteiger partial charge in [0, 0.05) is 12.0 Å². The number of nitrogens with one attached hydrogen (secondary N) is 2. The minimum absolute atomic E-state index is 0.0213. The van der Waals surface area contributed by atoms with Gasteiger partial charge in [0.2, 0.25) is 11.8 Å². The summed E-state index contributed by atoms with van der Waals surface area (Å²) in [7, 11) is 1.37. The summed E-state index contributed by atoms with van der Waals surface area (Å²) in [6.07, 6.45) is 15.0. The molecule has 300 valence electrons. The van der Waals surface area contributed by atoms with Crippen LogP contribution in [0.25, 0.3) is 0 Å². The summed E-state index contributed by atoms with van der Waals surface area (Å²) in [5.41, 5.74) is 0.869. The molecule has 6 saturated carbocycles. The molecule has 6 nitrogen and oxygen atoms in total. The van der Waals surface area contributed by atoms with Crippen molar-refractivity contribution in [1.29, 1.82) is 0 Å². The zero-order valence-electron chi connectivity index (χ0n) is 36.1. The van der Waals surface area contributed by atoms with Crippen molar-refractivity contribution in [2.45, 2.75) is 179 Å². The number of hydrogen-bond acceptors (Lipinski definition) is 4. The highest BCUT2D eigenvalue weighted by Crippen LogP contribution is 2.76. The Morgan fingerprint density at radius 1 is 0.769 bits per heavy atom. The molecule has 0 heterocycles. The van der Waals surface area contributed by atoms with Crippen LogP contribution in [0.3, 0.4) is 0 Å². The maximum atomic E-state index is 14.4. The number of amides is 2. The van der Waals surface area contributed by atoms with Gasteiger partial charge in [-0.1, -0.05) is 89.5 Å². The van der Waals surface area contributed by atoms with Crippen LogP contribution in [0, 0.1) is 74.9 Å². The summed E-state index contributed by atoms with van der Waals surface area (Å²) >= 11 is 0. The molecule has 2 amide bonds. The fourth-order valence-corrected chi connectivity index (χ4v) is 13.5. The SMILES string of the molecule is C=C.CC.CC.COC(=O)C(CC(C)C)NC(=O)C1CC(NC(=O)C23CCCC2C2CCC4C5(C)CCC(C)C(C)C5CCC4(C)[C@]2(C)CC3)C1C. The van der Waals surface area contributed by atoms with Gasteiger partial charge in [0.25, 0.3) is 0 Å². The maximum absolute atomic E-state index is 14.4. The van der Waals surface area contributed by atoms with Gasteiger partial charge in [-0.15, -0.1) is 13.2 Å². The summed E-state index contributed by atoms with van der Waals surface area (Å²) in [5.74, 6) is 4.40. The first-order valence-corrected chi connectivity index (χ1v) is 21.8. The van der Waals surface area contributed by atoms with Gasteiger partial charge in [0.1, 0.15) is 6.04 Å².